The van der Waals surface area contributed by atoms with E-state index in [0.29, 0.717) is 22.3 Å². The summed E-state index contributed by atoms with van der Waals surface area (Å²) in [7, 11) is 0. The van der Waals surface area contributed by atoms with Crippen LogP contribution >= 0.6 is 0 Å². The Kier molecular flexibility index (Phi) is 4.83. The minimum atomic E-state index is -0.269. The van der Waals surface area contributed by atoms with Crippen molar-refractivity contribution in [1.82, 2.24) is 19.5 Å². The molecule has 0 spiro atoms. The van der Waals surface area contributed by atoms with Crippen molar-refractivity contribution in [3.63, 3.8) is 0 Å². The Bertz CT molecular complexity index is 1190. The smallest absolute Gasteiger partial charge is 0.258 e. The van der Waals surface area contributed by atoms with Gasteiger partial charge in [0.1, 0.15) is 23.6 Å². The summed E-state index contributed by atoms with van der Waals surface area (Å²) in [6, 6.07) is 13.1. The Balaban J connectivity index is 1.59. The second kappa shape index (κ2) is 7.47. The molecule has 4 N–H and O–H groups in total. The first-order valence-electron chi connectivity index (χ1n) is 9.54. The van der Waals surface area contributed by atoms with Crippen molar-refractivity contribution in [2.45, 2.75) is 26.3 Å². The summed E-state index contributed by atoms with van der Waals surface area (Å²) in [5.41, 5.74) is 8.42. The summed E-state index contributed by atoms with van der Waals surface area (Å²) in [5, 5.41) is 6.69. The molecule has 0 atom stereocenters. The fourth-order valence-electron chi connectivity index (χ4n) is 3.19. The summed E-state index contributed by atoms with van der Waals surface area (Å²) < 4.78 is 1.94. The number of pyridine rings is 1. The molecule has 1 aromatic carbocycles. The number of benzene rings is 1. The van der Waals surface area contributed by atoms with Crippen molar-refractivity contribution in [3.05, 3.63) is 66.7 Å². The zero-order valence-electron chi connectivity index (χ0n) is 17.0. The van der Waals surface area contributed by atoms with E-state index < -0.39 is 0 Å². The van der Waals surface area contributed by atoms with E-state index >= 15 is 0 Å². The van der Waals surface area contributed by atoms with E-state index in [2.05, 4.69) is 25.6 Å². The number of anilines is 4. The van der Waals surface area contributed by atoms with Crippen molar-refractivity contribution in [3.8, 4) is 0 Å². The van der Waals surface area contributed by atoms with Gasteiger partial charge in [0.25, 0.3) is 5.91 Å². The van der Waals surface area contributed by atoms with Crippen LogP contribution in [0.25, 0.3) is 11.0 Å². The van der Waals surface area contributed by atoms with Gasteiger partial charge in [-0.2, -0.15) is 0 Å². The molecule has 0 radical (unpaired) electrons. The van der Waals surface area contributed by atoms with E-state index in [1.807, 2.05) is 67.8 Å². The van der Waals surface area contributed by atoms with Crippen molar-refractivity contribution in [2.75, 3.05) is 16.4 Å². The first-order chi connectivity index (χ1) is 14.3. The summed E-state index contributed by atoms with van der Waals surface area (Å²) in [5.74, 6) is 0.762. The molecule has 8 nitrogen and oxygen atoms in total. The molecule has 3 aromatic heterocycles. The van der Waals surface area contributed by atoms with Crippen LogP contribution in [-0.4, -0.2) is 25.4 Å². The van der Waals surface area contributed by atoms with Gasteiger partial charge in [-0.05, 0) is 57.2 Å². The monoisotopic (exact) mass is 401 g/mol. The van der Waals surface area contributed by atoms with Crippen LogP contribution in [0.3, 0.4) is 0 Å². The molecule has 30 heavy (non-hydrogen) atoms. The molecule has 0 unspecified atom stereocenters. The zero-order valence-corrected chi connectivity index (χ0v) is 17.0. The lowest BCUT2D eigenvalue weighted by Crippen LogP contribution is -2.21. The van der Waals surface area contributed by atoms with Gasteiger partial charge in [-0.25, -0.2) is 15.0 Å². The summed E-state index contributed by atoms with van der Waals surface area (Å²) in [4.78, 5) is 25.7. The minimum Gasteiger partial charge on any atom is -0.383 e. The highest BCUT2D eigenvalue weighted by molar-refractivity contribution is 6.14. The van der Waals surface area contributed by atoms with E-state index in [1.54, 1.807) is 12.4 Å². The number of hydrogen-bond acceptors (Lipinski definition) is 6. The zero-order chi connectivity index (χ0) is 21.3. The van der Waals surface area contributed by atoms with E-state index in [4.69, 9.17) is 5.73 Å². The van der Waals surface area contributed by atoms with Gasteiger partial charge < -0.3 is 20.9 Å². The number of aromatic nitrogens is 4. The van der Waals surface area contributed by atoms with Gasteiger partial charge in [-0.1, -0.05) is 6.07 Å². The number of rotatable bonds is 4. The number of nitrogens with one attached hydrogen (secondary N) is 2. The van der Waals surface area contributed by atoms with Gasteiger partial charge >= 0.3 is 0 Å². The molecule has 0 saturated heterocycles. The van der Waals surface area contributed by atoms with E-state index in [0.717, 1.165) is 11.5 Å². The number of nitrogen functional groups attached to an aromatic ring is 1. The van der Waals surface area contributed by atoms with Crippen molar-refractivity contribution in [2.24, 2.45) is 0 Å². The van der Waals surface area contributed by atoms with Gasteiger partial charge in [0.05, 0.1) is 10.9 Å². The van der Waals surface area contributed by atoms with Gasteiger partial charge in [-0.15, -0.1) is 0 Å². The second-order valence-electron chi connectivity index (χ2n) is 7.91. The average Bonchev–Trinajstić information content (AvgIpc) is 3.12. The molecule has 0 bridgehead atoms. The highest BCUT2D eigenvalue weighted by atomic mass is 16.1. The fourth-order valence-corrected chi connectivity index (χ4v) is 3.19. The third-order valence-electron chi connectivity index (χ3n) is 4.66. The van der Waals surface area contributed by atoms with Gasteiger partial charge in [0, 0.05) is 29.3 Å². The van der Waals surface area contributed by atoms with Crippen LogP contribution in [0.4, 0.5) is 23.0 Å². The van der Waals surface area contributed by atoms with Crippen LogP contribution in [0.5, 0.6) is 0 Å². The SMILES string of the molecule is CC(C)(C)n1cc(C(=O)Nc2ccc(Nc3ccccn3)cc2)c2c(N)ncnc21. The molecule has 0 fully saturated rings. The van der Waals surface area contributed by atoms with Gasteiger partial charge in [-0.3, -0.25) is 4.79 Å². The van der Waals surface area contributed by atoms with E-state index in [-0.39, 0.29) is 17.3 Å². The maximum atomic E-state index is 13.0. The molecular weight excluding hydrogens is 378 g/mol. The lowest BCUT2D eigenvalue weighted by molar-refractivity contribution is 0.102. The molecule has 0 aliphatic heterocycles. The standard InChI is InChI=1S/C22H23N7O/c1-22(2,3)29-12-16(18-19(23)25-13-26-20(18)29)21(30)28-15-9-7-14(8-10-15)27-17-6-4-5-11-24-17/h4-13H,1-3H3,(H,24,27)(H,28,30)(H2,23,25,26). The summed E-state index contributed by atoms with van der Waals surface area (Å²) in [6.45, 7) is 6.12. The van der Waals surface area contributed by atoms with Crippen LogP contribution in [0, 0.1) is 0 Å². The summed E-state index contributed by atoms with van der Waals surface area (Å²) >= 11 is 0. The number of carbonyl (C=O) groups is 1. The third-order valence-corrected chi connectivity index (χ3v) is 4.66. The maximum Gasteiger partial charge on any atom is 0.258 e. The van der Waals surface area contributed by atoms with Crippen LogP contribution in [0.1, 0.15) is 31.1 Å². The molecule has 152 valence electrons. The lowest BCUT2D eigenvalue weighted by Gasteiger charge is -2.21. The third kappa shape index (κ3) is 3.80. The number of carbonyl (C=O) groups excluding carboxylic acids is 1. The van der Waals surface area contributed by atoms with Crippen molar-refractivity contribution >= 4 is 40.0 Å². The van der Waals surface area contributed by atoms with Crippen LogP contribution in [-0.2, 0) is 5.54 Å². The Morgan fingerprint density at radius 3 is 2.40 bits per heavy atom. The Morgan fingerprint density at radius 2 is 1.73 bits per heavy atom. The largest absolute Gasteiger partial charge is 0.383 e. The Hall–Kier alpha value is -3.94. The minimum absolute atomic E-state index is 0.267. The van der Waals surface area contributed by atoms with E-state index in [1.165, 1.54) is 6.33 Å². The predicted molar refractivity (Wildman–Crippen MR) is 119 cm³/mol. The normalized spacial score (nSPS) is 11.4. The predicted octanol–water partition coefficient (Wildman–Crippen LogP) is 4.16. The number of hydrogen-bond donors (Lipinski definition) is 3. The first kappa shape index (κ1) is 19.4. The highest BCUT2D eigenvalue weighted by Gasteiger charge is 2.24. The maximum absolute atomic E-state index is 13.0. The van der Waals surface area contributed by atoms with E-state index in [9.17, 15) is 4.79 Å². The fraction of sp³-hybridized carbons (Fsp3) is 0.182. The topological polar surface area (TPSA) is 111 Å². The van der Waals surface area contributed by atoms with Crippen LogP contribution < -0.4 is 16.4 Å². The quantitative estimate of drug-likeness (QED) is 0.473. The number of nitrogens with zero attached hydrogens (tertiary/aromatic N) is 4. The average molecular weight is 401 g/mol. The molecule has 8 heteroatoms. The first-order valence-corrected chi connectivity index (χ1v) is 9.54. The number of nitrogens with two attached hydrogens (primary N) is 1. The molecule has 0 aliphatic rings. The molecule has 0 saturated carbocycles. The molecule has 1 amide bonds. The lowest BCUT2D eigenvalue weighted by atomic mass is 10.1. The van der Waals surface area contributed by atoms with Gasteiger partial charge in [0.2, 0.25) is 0 Å². The van der Waals surface area contributed by atoms with Crippen molar-refractivity contribution in [1.29, 1.82) is 0 Å². The Morgan fingerprint density at radius 1 is 1.00 bits per heavy atom. The van der Waals surface area contributed by atoms with Crippen molar-refractivity contribution < 1.29 is 4.79 Å². The molecule has 4 aromatic rings. The molecular formula is C22H23N7O. The number of fused-ring (bicyclic) bond motifs is 1. The Labute approximate surface area is 174 Å². The van der Waals surface area contributed by atoms with Crippen LogP contribution in [0.2, 0.25) is 0 Å². The van der Waals surface area contributed by atoms with Crippen LogP contribution in [0.15, 0.2) is 61.2 Å². The second-order valence-corrected chi connectivity index (χ2v) is 7.91. The molecule has 3 heterocycles. The molecule has 0 aliphatic carbocycles. The number of amides is 1. The molecule has 4 rings (SSSR count). The summed E-state index contributed by atoms with van der Waals surface area (Å²) in [6.07, 6.45) is 4.91. The highest BCUT2D eigenvalue weighted by Crippen LogP contribution is 2.29. The van der Waals surface area contributed by atoms with Gasteiger partial charge in [0.15, 0.2) is 0 Å².